The van der Waals surface area contributed by atoms with E-state index < -0.39 is 0 Å². The van der Waals surface area contributed by atoms with Gasteiger partial charge in [0.15, 0.2) is 0 Å². The number of rotatable bonds is 5. The third-order valence-corrected chi connectivity index (χ3v) is 3.43. The molecule has 18 heavy (non-hydrogen) atoms. The van der Waals surface area contributed by atoms with Crippen molar-refractivity contribution in [3.8, 4) is 0 Å². The van der Waals surface area contributed by atoms with Crippen LogP contribution >= 0.6 is 0 Å². The van der Waals surface area contributed by atoms with Crippen LogP contribution in [0.1, 0.15) is 26.5 Å². The van der Waals surface area contributed by atoms with E-state index in [1.807, 2.05) is 25.2 Å². The first-order valence-corrected chi connectivity index (χ1v) is 6.05. The third-order valence-electron chi connectivity index (χ3n) is 3.43. The van der Waals surface area contributed by atoms with Crippen molar-refractivity contribution in [2.75, 3.05) is 7.05 Å². The number of aromatic nitrogens is 1. The van der Waals surface area contributed by atoms with Crippen molar-refractivity contribution < 1.29 is 0 Å². The van der Waals surface area contributed by atoms with E-state index in [1.165, 1.54) is 5.57 Å². The predicted molar refractivity (Wildman–Crippen MR) is 79.0 cm³/mol. The van der Waals surface area contributed by atoms with E-state index in [2.05, 4.69) is 50.3 Å². The first-order chi connectivity index (χ1) is 8.39. The first-order valence-electron chi connectivity index (χ1n) is 6.05. The van der Waals surface area contributed by atoms with Crippen LogP contribution in [0.15, 0.2) is 54.9 Å². The van der Waals surface area contributed by atoms with Crippen molar-refractivity contribution in [2.24, 2.45) is 5.41 Å². The molecule has 0 aromatic carbocycles. The molecule has 0 spiro atoms. The second-order valence-corrected chi connectivity index (χ2v) is 4.92. The fourth-order valence-electron chi connectivity index (χ4n) is 1.62. The molecule has 96 valence electrons. The highest BCUT2D eigenvalue weighted by molar-refractivity contribution is 5.70. The summed E-state index contributed by atoms with van der Waals surface area (Å²) in [6, 6.07) is 5.83. The van der Waals surface area contributed by atoms with Crippen molar-refractivity contribution in [1.29, 1.82) is 0 Å². The zero-order chi connectivity index (χ0) is 13.8. The highest BCUT2D eigenvalue weighted by Crippen LogP contribution is 2.33. The van der Waals surface area contributed by atoms with Crippen molar-refractivity contribution in [1.82, 2.24) is 10.3 Å². The zero-order valence-corrected chi connectivity index (χ0v) is 11.7. The monoisotopic (exact) mass is 242 g/mol. The number of pyridine rings is 1. The van der Waals surface area contributed by atoms with Crippen LogP contribution in [-0.4, -0.2) is 12.0 Å². The lowest BCUT2D eigenvalue weighted by Crippen LogP contribution is -2.24. The average molecular weight is 242 g/mol. The number of hydrogen-bond acceptors (Lipinski definition) is 2. The van der Waals surface area contributed by atoms with Gasteiger partial charge >= 0.3 is 0 Å². The standard InChI is InChI=1S/C16H22N2/c1-12(15-9-7-8-10-18-15)11-13(2)16(4,5)14(3)17-6/h7-11,17H,1,3H2,2,4-6H3/b13-11+. The molecule has 0 saturated carbocycles. The van der Waals surface area contributed by atoms with E-state index >= 15 is 0 Å². The Labute approximate surface area is 110 Å². The quantitative estimate of drug-likeness (QED) is 0.794. The van der Waals surface area contributed by atoms with Crippen LogP contribution in [0.4, 0.5) is 0 Å². The maximum atomic E-state index is 4.30. The van der Waals surface area contributed by atoms with Gasteiger partial charge in [-0.05, 0) is 24.6 Å². The number of nitrogens with zero attached hydrogens (tertiary/aromatic N) is 1. The summed E-state index contributed by atoms with van der Waals surface area (Å²) in [7, 11) is 1.89. The molecule has 1 N–H and O–H groups in total. The molecule has 0 fully saturated rings. The van der Waals surface area contributed by atoms with Gasteiger partial charge < -0.3 is 5.32 Å². The van der Waals surface area contributed by atoms with Crippen molar-refractivity contribution >= 4 is 5.57 Å². The molecule has 0 aliphatic carbocycles. The molecule has 1 aromatic rings. The Bertz CT molecular complexity index is 467. The molecule has 0 bridgehead atoms. The number of nitrogens with one attached hydrogen (secondary N) is 1. The van der Waals surface area contributed by atoms with Crippen LogP contribution in [0, 0.1) is 5.41 Å². The molecule has 0 aliphatic rings. The maximum absolute atomic E-state index is 4.30. The first kappa shape index (κ1) is 14.2. The lowest BCUT2D eigenvalue weighted by molar-refractivity contribution is 0.507. The van der Waals surface area contributed by atoms with E-state index in [9.17, 15) is 0 Å². The molecular formula is C16H22N2. The highest BCUT2D eigenvalue weighted by Gasteiger charge is 2.23. The molecule has 1 aromatic heterocycles. The van der Waals surface area contributed by atoms with Gasteiger partial charge in [-0.2, -0.15) is 0 Å². The summed E-state index contributed by atoms with van der Waals surface area (Å²) < 4.78 is 0. The van der Waals surface area contributed by atoms with Gasteiger partial charge in [0, 0.05) is 24.4 Å². The summed E-state index contributed by atoms with van der Waals surface area (Å²) in [6.07, 6.45) is 3.85. The Morgan fingerprint density at radius 1 is 1.33 bits per heavy atom. The minimum Gasteiger partial charge on any atom is -0.391 e. The molecule has 2 heteroatoms. The minimum absolute atomic E-state index is 0.105. The molecule has 0 atom stereocenters. The van der Waals surface area contributed by atoms with Crippen LogP contribution in [0.3, 0.4) is 0 Å². The number of hydrogen-bond donors (Lipinski definition) is 1. The van der Waals surface area contributed by atoms with Crippen molar-refractivity contribution in [3.63, 3.8) is 0 Å². The molecule has 0 amide bonds. The Hall–Kier alpha value is -1.83. The van der Waals surface area contributed by atoms with E-state index in [1.54, 1.807) is 6.20 Å². The predicted octanol–water partition coefficient (Wildman–Crippen LogP) is 3.80. The lowest BCUT2D eigenvalue weighted by atomic mass is 9.81. The second-order valence-electron chi connectivity index (χ2n) is 4.92. The summed E-state index contributed by atoms with van der Waals surface area (Å²) in [6.45, 7) is 14.5. The molecular weight excluding hydrogens is 220 g/mol. The molecule has 2 nitrogen and oxygen atoms in total. The summed E-state index contributed by atoms with van der Waals surface area (Å²) >= 11 is 0. The smallest absolute Gasteiger partial charge is 0.0695 e. The average Bonchev–Trinajstić information content (AvgIpc) is 2.38. The Morgan fingerprint density at radius 3 is 2.50 bits per heavy atom. The van der Waals surface area contributed by atoms with Gasteiger partial charge in [-0.3, -0.25) is 4.98 Å². The lowest BCUT2D eigenvalue weighted by Gasteiger charge is -2.28. The van der Waals surface area contributed by atoms with E-state index in [4.69, 9.17) is 0 Å². The molecule has 1 heterocycles. The van der Waals surface area contributed by atoms with E-state index in [0.717, 1.165) is 17.0 Å². The van der Waals surface area contributed by atoms with Gasteiger partial charge in [-0.1, -0.05) is 44.7 Å². The van der Waals surface area contributed by atoms with Crippen LogP contribution in [0.25, 0.3) is 5.57 Å². The minimum atomic E-state index is -0.105. The van der Waals surface area contributed by atoms with Gasteiger partial charge in [0.1, 0.15) is 0 Å². The van der Waals surface area contributed by atoms with Gasteiger partial charge in [-0.15, -0.1) is 0 Å². The summed E-state index contributed by atoms with van der Waals surface area (Å²) in [5.41, 5.74) is 3.92. The normalized spacial score (nSPS) is 12.1. The van der Waals surface area contributed by atoms with Gasteiger partial charge in [0.2, 0.25) is 0 Å². The number of allylic oxidation sites excluding steroid dienone is 3. The van der Waals surface area contributed by atoms with Crippen LogP contribution in [0.5, 0.6) is 0 Å². The molecule has 0 saturated heterocycles. The topological polar surface area (TPSA) is 24.9 Å². The fourth-order valence-corrected chi connectivity index (χ4v) is 1.62. The van der Waals surface area contributed by atoms with E-state index in [0.29, 0.717) is 0 Å². The van der Waals surface area contributed by atoms with Gasteiger partial charge in [0.25, 0.3) is 0 Å². The maximum Gasteiger partial charge on any atom is 0.0695 e. The molecule has 1 rings (SSSR count). The van der Waals surface area contributed by atoms with Gasteiger partial charge in [-0.25, -0.2) is 0 Å². The Balaban J connectivity index is 2.97. The summed E-state index contributed by atoms with van der Waals surface area (Å²) in [5, 5.41) is 3.12. The third kappa shape index (κ3) is 3.10. The molecule has 0 radical (unpaired) electrons. The van der Waals surface area contributed by atoms with Crippen LogP contribution < -0.4 is 5.32 Å². The van der Waals surface area contributed by atoms with Crippen LogP contribution in [-0.2, 0) is 0 Å². The Kier molecular flexibility index (Phi) is 4.49. The fraction of sp³-hybridized carbons (Fsp3) is 0.312. The van der Waals surface area contributed by atoms with E-state index in [-0.39, 0.29) is 5.41 Å². The highest BCUT2D eigenvalue weighted by atomic mass is 14.8. The zero-order valence-electron chi connectivity index (χ0n) is 11.7. The summed E-state index contributed by atoms with van der Waals surface area (Å²) in [4.78, 5) is 4.30. The Morgan fingerprint density at radius 2 is 2.00 bits per heavy atom. The second kappa shape index (κ2) is 5.67. The molecule has 0 unspecified atom stereocenters. The van der Waals surface area contributed by atoms with Gasteiger partial charge in [0.05, 0.1) is 5.69 Å². The van der Waals surface area contributed by atoms with Crippen LogP contribution in [0.2, 0.25) is 0 Å². The SMILES string of the molecule is C=C(/C=C(\C)C(C)(C)C(=C)NC)c1ccccn1. The molecule has 0 aliphatic heterocycles. The van der Waals surface area contributed by atoms with Crippen molar-refractivity contribution in [2.45, 2.75) is 20.8 Å². The summed E-state index contributed by atoms with van der Waals surface area (Å²) in [5.74, 6) is 0. The van der Waals surface area contributed by atoms with Crippen molar-refractivity contribution in [3.05, 3.63) is 60.6 Å². The largest absolute Gasteiger partial charge is 0.391 e.